The average Bonchev–Trinajstić information content (AvgIpc) is 3.22. The smallest absolute Gasteiger partial charge is 0.126 e. The predicted molar refractivity (Wildman–Crippen MR) is 82.0 cm³/mol. The second kappa shape index (κ2) is 5.55. The summed E-state index contributed by atoms with van der Waals surface area (Å²) in [4.78, 5) is 4.15. The van der Waals surface area contributed by atoms with Crippen LogP contribution in [-0.4, -0.2) is 25.1 Å². The molecule has 1 atom stereocenters. The number of halogens is 1. The molecule has 116 valence electrons. The van der Waals surface area contributed by atoms with Gasteiger partial charge < -0.3 is 5.11 Å². The van der Waals surface area contributed by atoms with Crippen molar-refractivity contribution >= 4 is 0 Å². The van der Waals surface area contributed by atoms with Crippen LogP contribution in [0.3, 0.4) is 0 Å². The fraction of sp³-hybridized carbons (Fsp3) is 0.235. The van der Waals surface area contributed by atoms with E-state index in [1.807, 2.05) is 18.3 Å². The van der Waals surface area contributed by atoms with Gasteiger partial charge in [-0.05, 0) is 42.2 Å². The summed E-state index contributed by atoms with van der Waals surface area (Å²) in [6, 6.07) is 8.83. The molecular formula is C17H15FN4O. The highest BCUT2D eigenvalue weighted by molar-refractivity contribution is 5.56. The molecule has 0 saturated carbocycles. The summed E-state index contributed by atoms with van der Waals surface area (Å²) in [5, 5.41) is 17.4. The summed E-state index contributed by atoms with van der Waals surface area (Å²) < 4.78 is 15.6. The van der Waals surface area contributed by atoms with E-state index >= 15 is 0 Å². The maximum absolute atomic E-state index is 13.8. The van der Waals surface area contributed by atoms with Crippen LogP contribution in [0.1, 0.15) is 29.3 Å². The van der Waals surface area contributed by atoms with Gasteiger partial charge in [0.1, 0.15) is 11.5 Å². The molecule has 1 aliphatic rings. The number of aliphatic hydroxyl groups excluding tert-OH is 1. The Morgan fingerprint density at radius 1 is 1.26 bits per heavy atom. The molecule has 2 heterocycles. The predicted octanol–water partition coefficient (Wildman–Crippen LogP) is 2.51. The maximum atomic E-state index is 13.8. The van der Waals surface area contributed by atoms with E-state index in [1.54, 1.807) is 23.0 Å². The Morgan fingerprint density at radius 3 is 2.96 bits per heavy atom. The molecule has 1 aromatic carbocycles. The Balaban J connectivity index is 1.65. The molecule has 4 rings (SSSR count). The highest BCUT2D eigenvalue weighted by Gasteiger charge is 2.27. The quantitative estimate of drug-likeness (QED) is 0.807. The van der Waals surface area contributed by atoms with Crippen molar-refractivity contribution in [2.45, 2.75) is 25.5 Å². The van der Waals surface area contributed by atoms with E-state index in [2.05, 4.69) is 15.3 Å². The molecule has 0 fully saturated rings. The minimum Gasteiger partial charge on any atom is -0.390 e. The number of hydrogen-bond acceptors (Lipinski definition) is 4. The number of hydrogen-bond donors (Lipinski definition) is 1. The number of nitrogens with zero attached hydrogens (tertiary/aromatic N) is 4. The molecule has 2 aromatic heterocycles. The van der Waals surface area contributed by atoms with Crippen LogP contribution in [0.5, 0.6) is 0 Å². The Labute approximate surface area is 132 Å². The number of aromatic nitrogens is 4. The lowest BCUT2D eigenvalue weighted by Gasteiger charge is -2.11. The molecule has 0 saturated heterocycles. The van der Waals surface area contributed by atoms with Crippen molar-refractivity contribution in [1.29, 1.82) is 0 Å². The standard InChI is InChI=1S/C17H15FN4O/c18-15-3-1-2-14-13(15)6-7-17(14)22-9-16(20-21-22)11-4-5-12(10-23)19-8-11/h1-5,8-9,17,23H,6-7,10H2/t17-/m0/s1. The second-order valence-corrected chi connectivity index (χ2v) is 5.64. The lowest BCUT2D eigenvalue weighted by molar-refractivity contribution is 0.277. The van der Waals surface area contributed by atoms with Gasteiger partial charge in [0.05, 0.1) is 24.5 Å². The minimum atomic E-state index is -0.144. The summed E-state index contributed by atoms with van der Waals surface area (Å²) in [6.07, 6.45) is 5.07. The van der Waals surface area contributed by atoms with Crippen LogP contribution in [0.2, 0.25) is 0 Å². The Morgan fingerprint density at radius 2 is 2.17 bits per heavy atom. The normalized spacial score (nSPS) is 16.5. The maximum Gasteiger partial charge on any atom is 0.126 e. The number of rotatable bonds is 3. The fourth-order valence-electron chi connectivity index (χ4n) is 3.09. The van der Waals surface area contributed by atoms with E-state index in [9.17, 15) is 4.39 Å². The van der Waals surface area contributed by atoms with E-state index in [0.29, 0.717) is 17.8 Å². The summed E-state index contributed by atoms with van der Waals surface area (Å²) in [5.41, 5.74) is 3.93. The topological polar surface area (TPSA) is 63.8 Å². The molecule has 6 heteroatoms. The van der Waals surface area contributed by atoms with Crippen molar-refractivity contribution in [1.82, 2.24) is 20.0 Å². The zero-order valence-electron chi connectivity index (χ0n) is 12.4. The van der Waals surface area contributed by atoms with Crippen molar-refractivity contribution in [2.24, 2.45) is 0 Å². The van der Waals surface area contributed by atoms with Gasteiger partial charge in [0.15, 0.2) is 0 Å². The largest absolute Gasteiger partial charge is 0.390 e. The van der Waals surface area contributed by atoms with Crippen LogP contribution in [0, 0.1) is 5.82 Å². The van der Waals surface area contributed by atoms with Crippen LogP contribution in [0.4, 0.5) is 4.39 Å². The van der Waals surface area contributed by atoms with Gasteiger partial charge in [-0.2, -0.15) is 0 Å². The highest BCUT2D eigenvalue weighted by Crippen LogP contribution is 2.35. The van der Waals surface area contributed by atoms with E-state index in [1.165, 1.54) is 6.07 Å². The SMILES string of the molecule is OCc1ccc(-c2cn([C@H]3CCc4c(F)cccc43)nn2)cn1. The molecule has 0 spiro atoms. The first-order chi connectivity index (χ1) is 11.3. The van der Waals surface area contributed by atoms with Gasteiger partial charge in [-0.3, -0.25) is 4.98 Å². The van der Waals surface area contributed by atoms with Gasteiger partial charge >= 0.3 is 0 Å². The highest BCUT2D eigenvalue weighted by atomic mass is 19.1. The van der Waals surface area contributed by atoms with Gasteiger partial charge in [-0.15, -0.1) is 5.10 Å². The number of benzene rings is 1. The number of aliphatic hydroxyl groups is 1. The first-order valence-electron chi connectivity index (χ1n) is 7.51. The van der Waals surface area contributed by atoms with Gasteiger partial charge in [0.25, 0.3) is 0 Å². The summed E-state index contributed by atoms with van der Waals surface area (Å²) >= 11 is 0. The van der Waals surface area contributed by atoms with Crippen LogP contribution < -0.4 is 0 Å². The zero-order chi connectivity index (χ0) is 15.8. The lowest BCUT2D eigenvalue weighted by atomic mass is 10.1. The van der Waals surface area contributed by atoms with Crippen LogP contribution in [0.15, 0.2) is 42.7 Å². The molecule has 1 N–H and O–H groups in total. The third-order valence-electron chi connectivity index (χ3n) is 4.29. The number of pyridine rings is 1. The van der Waals surface area contributed by atoms with Crippen LogP contribution >= 0.6 is 0 Å². The van der Waals surface area contributed by atoms with Gasteiger partial charge in [-0.1, -0.05) is 17.3 Å². The van der Waals surface area contributed by atoms with E-state index < -0.39 is 0 Å². The van der Waals surface area contributed by atoms with E-state index in [0.717, 1.165) is 23.1 Å². The Hall–Kier alpha value is -2.60. The molecule has 0 amide bonds. The molecular weight excluding hydrogens is 295 g/mol. The first-order valence-corrected chi connectivity index (χ1v) is 7.51. The van der Waals surface area contributed by atoms with Crippen molar-refractivity contribution < 1.29 is 9.50 Å². The van der Waals surface area contributed by atoms with Crippen molar-refractivity contribution in [2.75, 3.05) is 0 Å². The summed E-state index contributed by atoms with van der Waals surface area (Å²) in [5.74, 6) is -0.144. The average molecular weight is 310 g/mol. The molecule has 23 heavy (non-hydrogen) atoms. The molecule has 3 aromatic rings. The first kappa shape index (κ1) is 14.0. The molecule has 1 aliphatic carbocycles. The van der Waals surface area contributed by atoms with Gasteiger partial charge in [-0.25, -0.2) is 9.07 Å². The van der Waals surface area contributed by atoms with Crippen molar-refractivity contribution in [3.05, 3.63) is 65.4 Å². The van der Waals surface area contributed by atoms with E-state index in [4.69, 9.17) is 5.11 Å². The monoisotopic (exact) mass is 310 g/mol. The third kappa shape index (κ3) is 2.41. The molecule has 0 unspecified atom stereocenters. The molecule has 0 radical (unpaired) electrons. The van der Waals surface area contributed by atoms with Crippen molar-refractivity contribution in [3.8, 4) is 11.3 Å². The zero-order valence-corrected chi connectivity index (χ0v) is 12.4. The Kier molecular flexibility index (Phi) is 3.38. The Bertz CT molecular complexity index is 844. The molecule has 0 aliphatic heterocycles. The van der Waals surface area contributed by atoms with E-state index in [-0.39, 0.29) is 18.5 Å². The van der Waals surface area contributed by atoms with Crippen LogP contribution in [0.25, 0.3) is 11.3 Å². The third-order valence-corrected chi connectivity index (χ3v) is 4.29. The van der Waals surface area contributed by atoms with Gasteiger partial charge in [0, 0.05) is 11.8 Å². The fourth-order valence-corrected chi connectivity index (χ4v) is 3.09. The number of fused-ring (bicyclic) bond motifs is 1. The second-order valence-electron chi connectivity index (χ2n) is 5.64. The lowest BCUT2D eigenvalue weighted by Crippen LogP contribution is -2.08. The van der Waals surface area contributed by atoms with Gasteiger partial charge in [0.2, 0.25) is 0 Å². The van der Waals surface area contributed by atoms with Crippen molar-refractivity contribution in [3.63, 3.8) is 0 Å². The summed E-state index contributed by atoms with van der Waals surface area (Å²) in [7, 11) is 0. The summed E-state index contributed by atoms with van der Waals surface area (Å²) in [6.45, 7) is -0.0859. The molecule has 5 nitrogen and oxygen atoms in total. The molecule has 0 bridgehead atoms. The minimum absolute atomic E-state index is 0.0200. The van der Waals surface area contributed by atoms with Crippen LogP contribution in [-0.2, 0) is 13.0 Å².